The summed E-state index contributed by atoms with van der Waals surface area (Å²) >= 11 is 0. The molecule has 1 aromatic rings. The molecule has 0 aliphatic carbocycles. The molecule has 116 valence electrons. The fourth-order valence-electron chi connectivity index (χ4n) is 2.44. The van der Waals surface area contributed by atoms with Crippen molar-refractivity contribution in [3.63, 3.8) is 0 Å². The predicted octanol–water partition coefficient (Wildman–Crippen LogP) is 1.38. The summed E-state index contributed by atoms with van der Waals surface area (Å²) < 4.78 is 0. The average Bonchev–Trinajstić information content (AvgIpc) is 2.52. The highest BCUT2D eigenvalue weighted by atomic mass is 16.2. The van der Waals surface area contributed by atoms with Gasteiger partial charge in [-0.05, 0) is 12.5 Å². The van der Waals surface area contributed by atoms with Gasteiger partial charge in [-0.15, -0.1) is 0 Å². The Kier molecular flexibility index (Phi) is 5.36. The van der Waals surface area contributed by atoms with E-state index in [0.717, 1.165) is 57.3 Å². The number of carbonyl (C=O) groups is 1. The first-order valence-corrected chi connectivity index (χ1v) is 7.66. The smallest absolute Gasteiger partial charge is 0.226 e. The van der Waals surface area contributed by atoms with E-state index in [0.29, 0.717) is 0 Å². The molecule has 2 rings (SSSR count). The van der Waals surface area contributed by atoms with Crippen molar-refractivity contribution >= 4 is 17.7 Å². The van der Waals surface area contributed by atoms with E-state index in [9.17, 15) is 4.79 Å². The zero-order chi connectivity index (χ0) is 15.2. The monoisotopic (exact) mass is 291 g/mol. The highest BCUT2D eigenvalue weighted by Gasteiger charge is 2.20. The first-order valence-electron chi connectivity index (χ1n) is 7.66. The number of carbonyl (C=O) groups excluding carboxylic acids is 1. The largest absolute Gasteiger partial charge is 0.353 e. The Balaban J connectivity index is 1.99. The highest BCUT2D eigenvalue weighted by molar-refractivity contribution is 5.73. The third-order valence-electron chi connectivity index (χ3n) is 3.87. The van der Waals surface area contributed by atoms with Gasteiger partial charge in [0.1, 0.15) is 5.82 Å². The van der Waals surface area contributed by atoms with Gasteiger partial charge in [-0.2, -0.15) is 4.98 Å². The summed E-state index contributed by atoms with van der Waals surface area (Å²) in [4.78, 5) is 26.6. The zero-order valence-corrected chi connectivity index (χ0v) is 13.2. The number of anilines is 2. The lowest BCUT2D eigenvalue weighted by Gasteiger charge is -2.35. The van der Waals surface area contributed by atoms with Gasteiger partial charge in [-0.1, -0.05) is 13.3 Å². The maximum atomic E-state index is 11.4. The van der Waals surface area contributed by atoms with Crippen LogP contribution in [0.15, 0.2) is 12.3 Å². The number of aromatic nitrogens is 2. The summed E-state index contributed by atoms with van der Waals surface area (Å²) in [6.45, 7) is 7.96. The van der Waals surface area contributed by atoms with Crippen LogP contribution in [0.25, 0.3) is 0 Å². The molecule has 0 atom stereocenters. The van der Waals surface area contributed by atoms with E-state index in [1.165, 1.54) is 0 Å². The summed E-state index contributed by atoms with van der Waals surface area (Å²) in [7, 11) is 2.03. The summed E-state index contributed by atoms with van der Waals surface area (Å²) in [6, 6.07) is 1.95. The van der Waals surface area contributed by atoms with Gasteiger partial charge in [0.05, 0.1) is 0 Å². The lowest BCUT2D eigenvalue weighted by Crippen LogP contribution is -2.48. The molecule has 0 aromatic carbocycles. The average molecular weight is 291 g/mol. The number of nitrogens with zero attached hydrogens (tertiary/aromatic N) is 5. The van der Waals surface area contributed by atoms with Crippen molar-refractivity contribution in [3.8, 4) is 0 Å². The summed E-state index contributed by atoms with van der Waals surface area (Å²) in [5.74, 6) is 1.87. The minimum atomic E-state index is 0.150. The second-order valence-electron chi connectivity index (χ2n) is 5.48. The molecule has 2 heterocycles. The predicted molar refractivity (Wildman–Crippen MR) is 84.7 cm³/mol. The maximum absolute atomic E-state index is 11.4. The van der Waals surface area contributed by atoms with Crippen LogP contribution in [-0.4, -0.2) is 60.5 Å². The van der Waals surface area contributed by atoms with Crippen LogP contribution in [0.3, 0.4) is 0 Å². The number of amides is 1. The van der Waals surface area contributed by atoms with E-state index in [1.807, 2.05) is 24.2 Å². The first kappa shape index (κ1) is 15.5. The van der Waals surface area contributed by atoms with E-state index in [2.05, 4.69) is 26.7 Å². The molecule has 0 spiro atoms. The molecular weight excluding hydrogens is 266 g/mol. The highest BCUT2D eigenvalue weighted by Crippen LogP contribution is 2.16. The summed E-state index contributed by atoms with van der Waals surface area (Å²) in [6.07, 6.45) is 4.12. The molecule has 6 nitrogen and oxygen atoms in total. The Bertz CT molecular complexity index is 471. The number of hydrogen-bond donors (Lipinski definition) is 0. The number of unbranched alkanes of at least 4 members (excludes halogenated alkanes) is 1. The molecule has 1 saturated heterocycles. The van der Waals surface area contributed by atoms with Crippen LogP contribution in [0.5, 0.6) is 0 Å². The van der Waals surface area contributed by atoms with Gasteiger partial charge in [-0.3, -0.25) is 4.79 Å². The number of hydrogen-bond acceptors (Lipinski definition) is 5. The molecular formula is C15H25N5O. The molecule has 21 heavy (non-hydrogen) atoms. The van der Waals surface area contributed by atoms with Gasteiger partial charge in [-0.25, -0.2) is 4.98 Å². The SMILES string of the molecule is CCCCN(C)c1nccc(N2CCN(C(C)=O)CC2)n1. The molecule has 0 saturated carbocycles. The molecule has 0 bridgehead atoms. The molecule has 1 fully saturated rings. The number of rotatable bonds is 5. The Hall–Kier alpha value is -1.85. The van der Waals surface area contributed by atoms with Crippen molar-refractivity contribution < 1.29 is 4.79 Å². The second kappa shape index (κ2) is 7.24. The van der Waals surface area contributed by atoms with E-state index < -0.39 is 0 Å². The van der Waals surface area contributed by atoms with E-state index in [4.69, 9.17) is 0 Å². The molecule has 1 amide bonds. The van der Waals surface area contributed by atoms with E-state index in [1.54, 1.807) is 6.92 Å². The van der Waals surface area contributed by atoms with Crippen molar-refractivity contribution in [2.75, 3.05) is 49.6 Å². The third-order valence-corrected chi connectivity index (χ3v) is 3.87. The minimum absolute atomic E-state index is 0.150. The van der Waals surface area contributed by atoms with Crippen LogP contribution >= 0.6 is 0 Å². The van der Waals surface area contributed by atoms with E-state index in [-0.39, 0.29) is 5.91 Å². The Morgan fingerprint density at radius 3 is 2.67 bits per heavy atom. The van der Waals surface area contributed by atoms with Gasteiger partial charge in [0.15, 0.2) is 0 Å². The van der Waals surface area contributed by atoms with E-state index >= 15 is 0 Å². The third kappa shape index (κ3) is 4.06. The lowest BCUT2D eigenvalue weighted by atomic mass is 10.3. The lowest BCUT2D eigenvalue weighted by molar-refractivity contribution is -0.129. The number of piperazine rings is 1. The summed E-state index contributed by atoms with van der Waals surface area (Å²) in [5, 5.41) is 0. The van der Waals surface area contributed by atoms with Gasteiger partial charge in [0.2, 0.25) is 11.9 Å². The Morgan fingerprint density at radius 1 is 1.33 bits per heavy atom. The van der Waals surface area contributed by atoms with Crippen LogP contribution < -0.4 is 9.80 Å². The van der Waals surface area contributed by atoms with Crippen LogP contribution in [0.1, 0.15) is 26.7 Å². The molecule has 0 N–H and O–H groups in total. The zero-order valence-electron chi connectivity index (χ0n) is 13.2. The van der Waals surface area contributed by atoms with Crippen molar-refractivity contribution in [2.45, 2.75) is 26.7 Å². The Labute approximate surface area is 126 Å². The van der Waals surface area contributed by atoms with Crippen molar-refractivity contribution in [1.82, 2.24) is 14.9 Å². The van der Waals surface area contributed by atoms with Crippen LogP contribution in [0.4, 0.5) is 11.8 Å². The molecule has 6 heteroatoms. The first-order chi connectivity index (χ1) is 10.1. The topological polar surface area (TPSA) is 52.6 Å². The quantitative estimate of drug-likeness (QED) is 0.820. The maximum Gasteiger partial charge on any atom is 0.226 e. The molecule has 0 radical (unpaired) electrons. The minimum Gasteiger partial charge on any atom is -0.353 e. The van der Waals surface area contributed by atoms with Crippen molar-refractivity contribution in [1.29, 1.82) is 0 Å². The van der Waals surface area contributed by atoms with Gasteiger partial charge >= 0.3 is 0 Å². The Morgan fingerprint density at radius 2 is 2.05 bits per heavy atom. The van der Waals surface area contributed by atoms with Gasteiger partial charge < -0.3 is 14.7 Å². The fourth-order valence-corrected chi connectivity index (χ4v) is 2.44. The molecule has 1 aliphatic rings. The fraction of sp³-hybridized carbons (Fsp3) is 0.667. The van der Waals surface area contributed by atoms with Crippen LogP contribution in [0.2, 0.25) is 0 Å². The van der Waals surface area contributed by atoms with Crippen molar-refractivity contribution in [2.24, 2.45) is 0 Å². The van der Waals surface area contributed by atoms with Crippen molar-refractivity contribution in [3.05, 3.63) is 12.3 Å². The normalized spacial score (nSPS) is 15.2. The van der Waals surface area contributed by atoms with Gasteiger partial charge in [0, 0.05) is 52.9 Å². The standard InChI is InChI=1S/C15H25N5O/c1-4-5-8-18(3)15-16-7-6-14(17-15)20-11-9-19(10-12-20)13(2)21/h6-7H,4-5,8-12H2,1-3H3. The molecule has 1 aromatic heterocycles. The molecule has 1 aliphatic heterocycles. The summed E-state index contributed by atoms with van der Waals surface area (Å²) in [5.41, 5.74) is 0. The van der Waals surface area contributed by atoms with Crippen LogP contribution in [-0.2, 0) is 4.79 Å². The van der Waals surface area contributed by atoms with Gasteiger partial charge in [0.25, 0.3) is 0 Å². The van der Waals surface area contributed by atoms with Crippen LogP contribution in [0, 0.1) is 0 Å². The second-order valence-corrected chi connectivity index (χ2v) is 5.48. The molecule has 0 unspecified atom stereocenters.